The van der Waals surface area contributed by atoms with E-state index in [2.05, 4.69) is 5.32 Å². The van der Waals surface area contributed by atoms with Gasteiger partial charge in [0.1, 0.15) is 35.6 Å². The van der Waals surface area contributed by atoms with Crippen molar-refractivity contribution in [1.82, 2.24) is 10.2 Å². The van der Waals surface area contributed by atoms with Crippen LogP contribution in [-0.4, -0.2) is 111 Å². The Morgan fingerprint density at radius 1 is 1.15 bits per heavy atom. The topological polar surface area (TPSA) is 198 Å². The van der Waals surface area contributed by atoms with Crippen molar-refractivity contribution in [3.8, 4) is 17.2 Å². The minimum Gasteiger partial charge on any atom is -0.506 e. The van der Waals surface area contributed by atoms with Gasteiger partial charge in [0.25, 0.3) is 5.91 Å². The van der Waals surface area contributed by atoms with Crippen LogP contribution < -0.4 is 14.8 Å². The lowest BCUT2D eigenvalue weighted by molar-refractivity contribution is -0.327. The Labute approximate surface area is 277 Å². The number of methoxy groups -OCH3 is 1. The number of Topliss-reactive ketones (excluding diaryl/α,β-unsaturated/α-hetero) is 1. The molecule has 5 atom stereocenters. The number of nitrogens with zero attached hydrogens (tertiary/aromatic N) is 1. The van der Waals surface area contributed by atoms with Crippen molar-refractivity contribution in [3.05, 3.63) is 64.2 Å². The molecule has 13 nitrogen and oxygen atoms in total. The Kier molecular flexibility index (Phi) is 9.64. The van der Waals surface area contributed by atoms with Crippen LogP contribution in [0.4, 0.5) is 0 Å². The zero-order valence-corrected chi connectivity index (χ0v) is 26.9. The van der Waals surface area contributed by atoms with Gasteiger partial charge in [0.15, 0.2) is 11.4 Å². The normalized spacial score (nSPS) is 25.9. The smallest absolute Gasteiger partial charge is 0.254 e. The number of rotatable bonds is 11. The standard InChI is InChI=1S/C35H42N2O11/c1-36-13-19-8-5-9-22-24(19)14-37(33(22)44)15-25(40)29-23(18-6-3-4-7-18)11-20-10-21(46-2)12-26(28(20)31(29)42)47-34-35(45,17-39)32(43)30(41)27(16-38)48-34/h5,8-12,18,27,30,32,34,36,38-39,41-43,45H,3-4,6-7,13-17H2,1-2H3/t27-,30-,32+,34-,35-/m1/s1. The Hall–Kier alpha value is -3.82. The number of aromatic hydroxyl groups is 1. The molecule has 13 heteroatoms. The number of nitrogens with one attached hydrogen (secondary N) is 1. The van der Waals surface area contributed by atoms with E-state index in [4.69, 9.17) is 14.2 Å². The molecule has 3 aliphatic rings. The highest BCUT2D eigenvalue weighted by atomic mass is 16.7. The SMILES string of the molecule is CNCc1cccc2c1CN(CC(=O)c1c(C3CCCC3)cc3cc(OC)cc(O[C@@H]4O[C@H](CO)[C@@H](O)[C@H](O)[C@]4(O)CO)c3c1O)C2=O. The molecule has 3 aromatic carbocycles. The summed E-state index contributed by atoms with van der Waals surface area (Å²) in [6, 6.07) is 10.3. The molecule has 2 heterocycles. The summed E-state index contributed by atoms with van der Waals surface area (Å²) in [5.41, 5.74) is 0.507. The second-order valence-electron chi connectivity index (χ2n) is 12.8. The van der Waals surface area contributed by atoms with Gasteiger partial charge in [-0.15, -0.1) is 0 Å². The number of hydrogen-bond donors (Lipinski definition) is 7. The van der Waals surface area contributed by atoms with Crippen LogP contribution in [0.2, 0.25) is 0 Å². The number of carbonyl (C=O) groups excluding carboxylic acids is 2. The number of aliphatic hydroxyl groups excluding tert-OH is 4. The van der Waals surface area contributed by atoms with Gasteiger partial charge < -0.3 is 55.1 Å². The number of aliphatic hydroxyl groups is 5. The van der Waals surface area contributed by atoms with Crippen LogP contribution in [0.5, 0.6) is 17.2 Å². The predicted octanol–water partition coefficient (Wildman–Crippen LogP) is 1.31. The summed E-state index contributed by atoms with van der Waals surface area (Å²) in [6.07, 6.45) is -3.38. The summed E-state index contributed by atoms with van der Waals surface area (Å²) < 4.78 is 17.1. The van der Waals surface area contributed by atoms with Crippen LogP contribution in [0.3, 0.4) is 0 Å². The number of fused-ring (bicyclic) bond motifs is 2. The summed E-state index contributed by atoms with van der Waals surface area (Å²) in [4.78, 5) is 29.2. The molecule has 2 aliphatic heterocycles. The molecular weight excluding hydrogens is 624 g/mol. The summed E-state index contributed by atoms with van der Waals surface area (Å²) in [5.74, 6) is -0.980. The lowest BCUT2D eigenvalue weighted by atomic mass is 9.86. The van der Waals surface area contributed by atoms with E-state index in [1.54, 1.807) is 18.2 Å². The minimum atomic E-state index is -2.53. The summed E-state index contributed by atoms with van der Waals surface area (Å²) in [7, 11) is 3.25. The van der Waals surface area contributed by atoms with Crippen molar-refractivity contribution in [1.29, 1.82) is 0 Å². The Bertz CT molecular complexity index is 1710. The van der Waals surface area contributed by atoms with Crippen molar-refractivity contribution >= 4 is 22.5 Å². The Morgan fingerprint density at radius 2 is 1.90 bits per heavy atom. The molecule has 6 rings (SSSR count). The Balaban J connectivity index is 1.43. The lowest BCUT2D eigenvalue weighted by Crippen LogP contribution is -2.69. The van der Waals surface area contributed by atoms with Crippen LogP contribution in [0.25, 0.3) is 10.8 Å². The fourth-order valence-electron chi connectivity index (χ4n) is 7.29. The number of ketones is 1. The van der Waals surface area contributed by atoms with E-state index >= 15 is 0 Å². The molecule has 258 valence electrons. The third-order valence-corrected chi connectivity index (χ3v) is 9.92. The number of ether oxygens (including phenoxy) is 3. The van der Waals surface area contributed by atoms with Gasteiger partial charge in [0, 0.05) is 24.7 Å². The first-order valence-electron chi connectivity index (χ1n) is 16.1. The van der Waals surface area contributed by atoms with E-state index in [1.807, 2.05) is 19.2 Å². The first kappa shape index (κ1) is 34.1. The number of phenolic OH excluding ortho intramolecular Hbond substituents is 1. The van der Waals surface area contributed by atoms with Crippen molar-refractivity contribution in [2.24, 2.45) is 0 Å². The fraction of sp³-hybridized carbons (Fsp3) is 0.486. The number of amides is 1. The maximum Gasteiger partial charge on any atom is 0.254 e. The molecule has 2 fully saturated rings. The fourth-order valence-corrected chi connectivity index (χ4v) is 7.29. The number of phenols is 1. The second-order valence-corrected chi connectivity index (χ2v) is 12.8. The number of benzene rings is 3. The molecule has 1 saturated carbocycles. The van der Waals surface area contributed by atoms with Gasteiger partial charge in [-0.1, -0.05) is 25.0 Å². The quantitative estimate of drug-likeness (QED) is 0.145. The summed E-state index contributed by atoms with van der Waals surface area (Å²) in [6.45, 7) is -1.29. The summed E-state index contributed by atoms with van der Waals surface area (Å²) >= 11 is 0. The van der Waals surface area contributed by atoms with Gasteiger partial charge in [-0.05, 0) is 66.1 Å². The molecule has 0 bridgehead atoms. The van der Waals surface area contributed by atoms with E-state index in [0.717, 1.165) is 36.8 Å². The van der Waals surface area contributed by atoms with Gasteiger partial charge in [-0.2, -0.15) is 0 Å². The molecule has 0 unspecified atom stereocenters. The first-order valence-corrected chi connectivity index (χ1v) is 16.1. The zero-order chi connectivity index (χ0) is 34.3. The molecule has 0 spiro atoms. The number of hydrogen-bond acceptors (Lipinski definition) is 12. The molecule has 0 aromatic heterocycles. The molecule has 7 N–H and O–H groups in total. The predicted molar refractivity (Wildman–Crippen MR) is 172 cm³/mol. The van der Waals surface area contributed by atoms with Gasteiger partial charge in [0.2, 0.25) is 6.29 Å². The van der Waals surface area contributed by atoms with Crippen molar-refractivity contribution in [2.45, 2.75) is 74.9 Å². The lowest BCUT2D eigenvalue weighted by Gasteiger charge is -2.46. The van der Waals surface area contributed by atoms with Gasteiger partial charge >= 0.3 is 0 Å². The van der Waals surface area contributed by atoms with Crippen LogP contribution in [0.15, 0.2) is 36.4 Å². The van der Waals surface area contributed by atoms with E-state index in [-0.39, 0.29) is 41.6 Å². The van der Waals surface area contributed by atoms with Crippen molar-refractivity contribution in [3.63, 3.8) is 0 Å². The van der Waals surface area contributed by atoms with E-state index in [1.165, 1.54) is 18.1 Å². The third kappa shape index (κ3) is 5.79. The molecule has 48 heavy (non-hydrogen) atoms. The summed E-state index contributed by atoms with van der Waals surface area (Å²) in [5, 5.41) is 67.7. The molecule has 1 aliphatic carbocycles. The van der Waals surface area contributed by atoms with Gasteiger partial charge in [-0.3, -0.25) is 9.59 Å². The maximum absolute atomic E-state index is 14.3. The second kappa shape index (κ2) is 13.6. The molecule has 0 radical (unpaired) electrons. The number of carbonyl (C=O) groups is 2. The van der Waals surface area contributed by atoms with Crippen LogP contribution in [0, 0.1) is 0 Å². The molecule has 1 saturated heterocycles. The van der Waals surface area contributed by atoms with Crippen LogP contribution >= 0.6 is 0 Å². The average Bonchev–Trinajstić information content (AvgIpc) is 3.73. The maximum atomic E-state index is 14.3. The average molecular weight is 667 g/mol. The van der Waals surface area contributed by atoms with Crippen LogP contribution in [-0.2, 0) is 17.8 Å². The Morgan fingerprint density at radius 3 is 2.56 bits per heavy atom. The van der Waals surface area contributed by atoms with Crippen molar-refractivity contribution < 1.29 is 54.4 Å². The van der Waals surface area contributed by atoms with E-state index in [0.29, 0.717) is 28.8 Å². The largest absolute Gasteiger partial charge is 0.506 e. The van der Waals surface area contributed by atoms with Crippen LogP contribution in [0.1, 0.15) is 69.0 Å². The monoisotopic (exact) mass is 666 g/mol. The van der Waals surface area contributed by atoms with Gasteiger partial charge in [-0.25, -0.2) is 0 Å². The van der Waals surface area contributed by atoms with Gasteiger partial charge in [0.05, 0.1) is 37.8 Å². The minimum absolute atomic E-state index is 0.0216. The first-order chi connectivity index (χ1) is 23.1. The van der Waals surface area contributed by atoms with E-state index in [9.17, 15) is 40.2 Å². The molecule has 1 amide bonds. The molecule has 3 aromatic rings. The van der Waals surface area contributed by atoms with Crippen molar-refractivity contribution in [2.75, 3.05) is 33.9 Å². The highest BCUT2D eigenvalue weighted by Gasteiger charge is 2.56. The highest BCUT2D eigenvalue weighted by Crippen LogP contribution is 2.47. The third-order valence-electron chi connectivity index (χ3n) is 9.92. The van der Waals surface area contributed by atoms with E-state index < -0.39 is 54.9 Å². The highest BCUT2D eigenvalue weighted by molar-refractivity contribution is 6.11. The zero-order valence-electron chi connectivity index (χ0n) is 26.9. The molecular formula is C35H42N2O11.